The second-order valence-corrected chi connectivity index (χ2v) is 6.99. The molecule has 1 aliphatic heterocycles. The van der Waals surface area contributed by atoms with Gasteiger partial charge < -0.3 is 5.73 Å². The summed E-state index contributed by atoms with van der Waals surface area (Å²) in [6.07, 6.45) is 0. The van der Waals surface area contributed by atoms with Gasteiger partial charge in [0, 0.05) is 19.0 Å². The van der Waals surface area contributed by atoms with Crippen LogP contribution in [0.3, 0.4) is 0 Å². The van der Waals surface area contributed by atoms with Crippen LogP contribution in [0.25, 0.3) is 0 Å². The zero-order valence-electron chi connectivity index (χ0n) is 10.6. The molecule has 0 aliphatic carbocycles. The molecule has 100 valence electrons. The van der Waals surface area contributed by atoms with Crippen molar-refractivity contribution in [3.05, 3.63) is 35.9 Å². The summed E-state index contributed by atoms with van der Waals surface area (Å²) in [5.41, 5.74) is 6.97. The molecule has 2 N–H and O–H groups in total. The molecule has 1 heterocycles. The number of nitrogens with zero attached hydrogens (tertiary/aromatic N) is 1. The fourth-order valence-corrected chi connectivity index (χ4v) is 3.73. The Morgan fingerprint density at radius 3 is 2.50 bits per heavy atom. The van der Waals surface area contributed by atoms with E-state index in [0.717, 1.165) is 0 Å². The van der Waals surface area contributed by atoms with Crippen LogP contribution in [-0.4, -0.2) is 38.1 Å². The van der Waals surface area contributed by atoms with Crippen LogP contribution in [0.1, 0.15) is 18.4 Å². The predicted molar refractivity (Wildman–Crippen MR) is 72.8 cm³/mol. The number of sulfonamides is 1. The maximum absolute atomic E-state index is 11.9. The topological polar surface area (TPSA) is 63.4 Å². The monoisotopic (exact) mass is 268 g/mol. The third kappa shape index (κ3) is 2.58. The number of hydrogen-bond acceptors (Lipinski definition) is 3. The first-order valence-corrected chi connectivity index (χ1v) is 7.92. The normalized spacial score (nSPS) is 25.4. The van der Waals surface area contributed by atoms with Crippen LogP contribution in [0.4, 0.5) is 0 Å². The van der Waals surface area contributed by atoms with Crippen LogP contribution < -0.4 is 5.73 Å². The van der Waals surface area contributed by atoms with E-state index in [9.17, 15) is 8.42 Å². The van der Waals surface area contributed by atoms with Crippen molar-refractivity contribution >= 4 is 10.0 Å². The lowest BCUT2D eigenvalue weighted by Gasteiger charge is -2.16. The number of nitrogens with two attached hydrogens (primary N) is 1. The number of rotatable bonds is 4. The second kappa shape index (κ2) is 5.38. The summed E-state index contributed by atoms with van der Waals surface area (Å²) in [7, 11) is -3.10. The Hall–Kier alpha value is -0.910. The third-order valence-corrected chi connectivity index (χ3v) is 5.51. The van der Waals surface area contributed by atoms with Gasteiger partial charge in [0.05, 0.1) is 5.75 Å². The fourth-order valence-electron chi connectivity index (χ4n) is 2.56. The minimum absolute atomic E-state index is 0.159. The molecule has 1 saturated heterocycles. The molecular formula is C13H20N2O2S. The molecule has 1 aromatic rings. The molecule has 0 saturated carbocycles. The Balaban J connectivity index is 2.23. The van der Waals surface area contributed by atoms with Crippen LogP contribution >= 0.6 is 0 Å². The van der Waals surface area contributed by atoms with Crippen molar-refractivity contribution in [3.8, 4) is 0 Å². The van der Waals surface area contributed by atoms with Gasteiger partial charge >= 0.3 is 0 Å². The van der Waals surface area contributed by atoms with Crippen LogP contribution in [-0.2, 0) is 10.0 Å². The second-order valence-electron chi connectivity index (χ2n) is 4.73. The van der Waals surface area contributed by atoms with E-state index >= 15 is 0 Å². The molecule has 1 fully saturated rings. The Bertz CT molecular complexity index is 487. The molecule has 0 unspecified atom stereocenters. The zero-order chi connectivity index (χ0) is 13.2. The zero-order valence-corrected chi connectivity index (χ0v) is 11.4. The molecule has 0 amide bonds. The summed E-state index contributed by atoms with van der Waals surface area (Å²) in [4.78, 5) is 0. The van der Waals surface area contributed by atoms with Gasteiger partial charge in [-0.2, -0.15) is 0 Å². The van der Waals surface area contributed by atoms with Gasteiger partial charge in [0.25, 0.3) is 0 Å². The highest BCUT2D eigenvalue weighted by Crippen LogP contribution is 2.33. The van der Waals surface area contributed by atoms with E-state index in [1.807, 2.05) is 18.2 Å². The molecule has 1 aliphatic rings. The van der Waals surface area contributed by atoms with Crippen LogP contribution in [0, 0.1) is 5.92 Å². The summed E-state index contributed by atoms with van der Waals surface area (Å²) in [5, 5.41) is 0. The molecule has 0 spiro atoms. The van der Waals surface area contributed by atoms with Crippen molar-refractivity contribution in [2.24, 2.45) is 11.7 Å². The first-order chi connectivity index (χ1) is 8.58. The largest absolute Gasteiger partial charge is 0.330 e. The van der Waals surface area contributed by atoms with Gasteiger partial charge in [0.2, 0.25) is 10.0 Å². The van der Waals surface area contributed by atoms with Crippen LogP contribution in [0.5, 0.6) is 0 Å². The van der Waals surface area contributed by atoms with Gasteiger partial charge in [-0.25, -0.2) is 12.7 Å². The quantitative estimate of drug-likeness (QED) is 0.886. The standard InChI is InChI=1S/C13H20N2O2S/c1-2-18(16,17)15-9-12(8-14)13(10-15)11-6-4-3-5-7-11/h3-7,12-13H,2,8-10,14H2,1H3/t12-,13+/m1/s1. The molecular weight excluding hydrogens is 248 g/mol. The van der Waals surface area contributed by atoms with Gasteiger partial charge in [-0.05, 0) is 24.9 Å². The highest BCUT2D eigenvalue weighted by molar-refractivity contribution is 7.89. The highest BCUT2D eigenvalue weighted by atomic mass is 32.2. The van der Waals surface area contributed by atoms with E-state index < -0.39 is 10.0 Å². The van der Waals surface area contributed by atoms with Gasteiger partial charge in [-0.15, -0.1) is 0 Å². The van der Waals surface area contributed by atoms with Crippen LogP contribution in [0.2, 0.25) is 0 Å². The molecule has 5 heteroatoms. The average molecular weight is 268 g/mol. The summed E-state index contributed by atoms with van der Waals surface area (Å²) in [6.45, 7) is 3.31. The van der Waals surface area contributed by atoms with Gasteiger partial charge in [0.15, 0.2) is 0 Å². The average Bonchev–Trinajstić information content (AvgIpc) is 2.84. The first-order valence-electron chi connectivity index (χ1n) is 6.31. The first kappa shape index (κ1) is 13.5. The summed E-state index contributed by atoms with van der Waals surface area (Å²) >= 11 is 0. The van der Waals surface area contributed by atoms with Crippen molar-refractivity contribution in [3.63, 3.8) is 0 Å². The summed E-state index contributed by atoms with van der Waals surface area (Å²) in [6, 6.07) is 10.0. The fraction of sp³-hybridized carbons (Fsp3) is 0.538. The van der Waals surface area contributed by atoms with Crippen molar-refractivity contribution in [2.45, 2.75) is 12.8 Å². The Morgan fingerprint density at radius 2 is 1.94 bits per heavy atom. The maximum atomic E-state index is 11.9. The lowest BCUT2D eigenvalue weighted by Crippen LogP contribution is -2.31. The number of hydrogen-bond donors (Lipinski definition) is 1. The van der Waals surface area contributed by atoms with Gasteiger partial charge in [-0.1, -0.05) is 30.3 Å². The Morgan fingerprint density at radius 1 is 1.28 bits per heavy atom. The lowest BCUT2D eigenvalue weighted by molar-refractivity contribution is 0.460. The minimum Gasteiger partial charge on any atom is -0.330 e. The third-order valence-electron chi connectivity index (χ3n) is 3.70. The van der Waals surface area contributed by atoms with Crippen LogP contribution in [0.15, 0.2) is 30.3 Å². The van der Waals surface area contributed by atoms with E-state index in [4.69, 9.17) is 5.73 Å². The Labute approximate surface area is 109 Å². The van der Waals surface area contributed by atoms with E-state index in [0.29, 0.717) is 19.6 Å². The Kier molecular flexibility index (Phi) is 4.04. The van der Waals surface area contributed by atoms with E-state index in [1.165, 1.54) is 5.56 Å². The van der Waals surface area contributed by atoms with E-state index in [2.05, 4.69) is 12.1 Å². The van der Waals surface area contributed by atoms with Crippen molar-refractivity contribution in [1.82, 2.24) is 4.31 Å². The SMILES string of the molecule is CCS(=O)(=O)N1C[C@@H](CN)[C@H](c2ccccc2)C1. The smallest absolute Gasteiger partial charge is 0.213 e. The highest BCUT2D eigenvalue weighted by Gasteiger charge is 2.37. The molecule has 18 heavy (non-hydrogen) atoms. The maximum Gasteiger partial charge on any atom is 0.213 e. The van der Waals surface area contributed by atoms with Gasteiger partial charge in [0.1, 0.15) is 0 Å². The summed E-state index contributed by atoms with van der Waals surface area (Å²) < 4.78 is 25.4. The van der Waals surface area contributed by atoms with Gasteiger partial charge in [-0.3, -0.25) is 0 Å². The van der Waals surface area contributed by atoms with Crippen molar-refractivity contribution < 1.29 is 8.42 Å². The van der Waals surface area contributed by atoms with Crippen molar-refractivity contribution in [2.75, 3.05) is 25.4 Å². The molecule has 4 nitrogen and oxygen atoms in total. The van der Waals surface area contributed by atoms with Crippen molar-refractivity contribution in [1.29, 1.82) is 0 Å². The lowest BCUT2D eigenvalue weighted by atomic mass is 9.89. The predicted octanol–water partition coefficient (Wildman–Crippen LogP) is 1.01. The van der Waals surface area contributed by atoms with E-state index in [-0.39, 0.29) is 17.6 Å². The molecule has 2 atom stereocenters. The van der Waals surface area contributed by atoms with E-state index in [1.54, 1.807) is 11.2 Å². The number of benzene rings is 1. The molecule has 2 rings (SSSR count). The molecule has 1 aromatic carbocycles. The molecule has 0 bridgehead atoms. The minimum atomic E-state index is -3.10. The molecule has 0 aromatic heterocycles. The molecule has 0 radical (unpaired) electrons. The summed E-state index contributed by atoms with van der Waals surface area (Å²) in [5.74, 6) is 0.595.